The molecule has 0 saturated carbocycles. The van der Waals surface area contributed by atoms with Crippen LogP contribution in [-0.4, -0.2) is 15.0 Å². The van der Waals surface area contributed by atoms with E-state index in [0.717, 1.165) is 5.56 Å². The average molecular weight is 259 g/mol. The second-order valence-corrected chi connectivity index (χ2v) is 4.38. The summed E-state index contributed by atoms with van der Waals surface area (Å²) < 4.78 is 5.57. The lowest BCUT2D eigenvalue weighted by Crippen LogP contribution is -2.12. The quantitative estimate of drug-likeness (QED) is 0.858. The zero-order valence-electron chi connectivity index (χ0n) is 10.2. The van der Waals surface area contributed by atoms with Crippen molar-refractivity contribution in [3.63, 3.8) is 0 Å². The van der Waals surface area contributed by atoms with Crippen molar-refractivity contribution < 1.29 is 4.74 Å². The van der Waals surface area contributed by atoms with Crippen molar-refractivity contribution in [2.75, 3.05) is 0 Å². The number of ether oxygens (including phenoxy) is 1. The maximum atomic E-state index is 5.57. The van der Waals surface area contributed by atoms with Gasteiger partial charge >= 0.3 is 6.01 Å². The van der Waals surface area contributed by atoms with Gasteiger partial charge in [0.2, 0.25) is 0 Å². The van der Waals surface area contributed by atoms with Crippen molar-refractivity contribution in [1.82, 2.24) is 9.97 Å². The van der Waals surface area contributed by atoms with Crippen LogP contribution in [0, 0.1) is 13.8 Å². The number of hydrogen-bond acceptors (Lipinski definition) is 4. The number of nitrogens with two attached hydrogens (primary N) is 1. The van der Waals surface area contributed by atoms with Crippen LogP contribution in [0.25, 0.3) is 0 Å². The summed E-state index contributed by atoms with van der Waals surface area (Å²) in [6.07, 6.45) is 1.57. The Labute approximate surface area is 111 Å². The summed E-state index contributed by atoms with van der Waals surface area (Å²) in [4.78, 5) is 8.37. The summed E-state index contributed by atoms with van der Waals surface area (Å²) in [6.45, 7) is 4.07. The molecule has 0 bridgehead atoms. The molecule has 0 aliphatic rings. The van der Waals surface area contributed by atoms with Gasteiger partial charge in [-0.1, -0.05) is 18.3 Å². The highest BCUT2D eigenvalue weighted by Gasteiger charge is 2.04. The van der Waals surface area contributed by atoms with Crippen molar-refractivity contribution in [2.45, 2.75) is 13.8 Å². The molecule has 4 nitrogen and oxygen atoms in total. The fraction of sp³-hybridized carbons (Fsp3) is 0.154. The number of nitrogens with zero attached hydrogens (tertiary/aromatic N) is 2. The van der Waals surface area contributed by atoms with Crippen LogP contribution in [0.4, 0.5) is 0 Å². The molecule has 0 aliphatic heterocycles. The molecule has 1 aromatic heterocycles. The molecule has 0 radical (unpaired) electrons. The van der Waals surface area contributed by atoms with Crippen LogP contribution in [0.15, 0.2) is 30.5 Å². The Morgan fingerprint density at radius 1 is 1.22 bits per heavy atom. The minimum Gasteiger partial charge on any atom is -0.424 e. The monoisotopic (exact) mass is 259 g/mol. The molecule has 0 spiro atoms. The third kappa shape index (κ3) is 2.81. The number of rotatable bonds is 3. The van der Waals surface area contributed by atoms with Crippen molar-refractivity contribution >= 4 is 17.2 Å². The molecule has 0 aliphatic carbocycles. The molecule has 18 heavy (non-hydrogen) atoms. The number of aryl methyl sites for hydroxylation is 2. The Morgan fingerprint density at radius 2 is 2.00 bits per heavy atom. The average Bonchev–Trinajstić information content (AvgIpc) is 2.34. The largest absolute Gasteiger partial charge is 0.424 e. The molecule has 2 rings (SSSR count). The predicted molar refractivity (Wildman–Crippen MR) is 73.9 cm³/mol. The second kappa shape index (κ2) is 5.10. The Morgan fingerprint density at radius 3 is 2.67 bits per heavy atom. The normalized spacial score (nSPS) is 10.1. The molecule has 0 fully saturated rings. The van der Waals surface area contributed by atoms with E-state index in [-0.39, 0.29) is 11.0 Å². The van der Waals surface area contributed by atoms with Crippen LogP contribution in [0.3, 0.4) is 0 Å². The molecule has 2 N–H and O–H groups in total. The molecule has 5 heteroatoms. The number of thiocarbonyl (C=S) groups is 1. The van der Waals surface area contributed by atoms with E-state index in [9.17, 15) is 0 Å². The third-order valence-corrected chi connectivity index (χ3v) is 2.78. The topological polar surface area (TPSA) is 61.0 Å². The molecule has 2 aromatic rings. The zero-order chi connectivity index (χ0) is 13.1. The van der Waals surface area contributed by atoms with Gasteiger partial charge in [-0.3, -0.25) is 0 Å². The van der Waals surface area contributed by atoms with Crippen molar-refractivity contribution in [1.29, 1.82) is 0 Å². The molecular formula is C13H13N3OS. The first-order valence-corrected chi connectivity index (χ1v) is 5.85. The Hall–Kier alpha value is -2.01. The van der Waals surface area contributed by atoms with E-state index < -0.39 is 0 Å². The van der Waals surface area contributed by atoms with Crippen LogP contribution in [-0.2, 0) is 0 Å². The first-order valence-electron chi connectivity index (χ1n) is 5.44. The van der Waals surface area contributed by atoms with Gasteiger partial charge in [-0.15, -0.1) is 0 Å². The Kier molecular flexibility index (Phi) is 3.53. The standard InChI is InChI=1S/C13H13N3OS/c1-8-3-4-10(7-9(8)2)17-13-15-6-5-11(16-13)12(14)18/h3-7H,1-2H3,(H2,14,18). The Bertz CT molecular complexity index is 599. The van der Waals surface area contributed by atoms with E-state index in [2.05, 4.69) is 9.97 Å². The van der Waals surface area contributed by atoms with Gasteiger partial charge in [0.15, 0.2) is 0 Å². The van der Waals surface area contributed by atoms with Gasteiger partial charge in [0.05, 0.1) is 0 Å². The predicted octanol–water partition coefficient (Wildman–Crippen LogP) is 2.52. The van der Waals surface area contributed by atoms with Crippen LogP contribution >= 0.6 is 12.2 Å². The first-order chi connectivity index (χ1) is 8.56. The lowest BCUT2D eigenvalue weighted by atomic mass is 10.1. The molecule has 0 atom stereocenters. The van der Waals surface area contributed by atoms with Crippen molar-refractivity contribution in [2.24, 2.45) is 5.73 Å². The van der Waals surface area contributed by atoms with Gasteiger partial charge in [-0.05, 0) is 43.2 Å². The molecule has 92 valence electrons. The van der Waals surface area contributed by atoms with E-state index in [0.29, 0.717) is 11.4 Å². The highest BCUT2D eigenvalue weighted by atomic mass is 32.1. The van der Waals surface area contributed by atoms with Crippen LogP contribution < -0.4 is 10.5 Å². The Balaban J connectivity index is 2.25. The fourth-order valence-corrected chi connectivity index (χ4v) is 1.52. The van der Waals surface area contributed by atoms with E-state index in [1.54, 1.807) is 12.3 Å². The first kappa shape index (κ1) is 12.4. The van der Waals surface area contributed by atoms with E-state index >= 15 is 0 Å². The molecular weight excluding hydrogens is 246 g/mol. The molecule has 0 amide bonds. The van der Waals surface area contributed by atoms with E-state index in [1.807, 2.05) is 32.0 Å². The SMILES string of the molecule is Cc1ccc(Oc2nccc(C(N)=S)n2)cc1C. The van der Waals surface area contributed by atoms with Gasteiger partial charge in [-0.2, -0.15) is 4.98 Å². The van der Waals surface area contributed by atoms with E-state index in [4.69, 9.17) is 22.7 Å². The third-order valence-electron chi connectivity index (χ3n) is 2.57. The van der Waals surface area contributed by atoms with Gasteiger partial charge in [0.1, 0.15) is 16.4 Å². The zero-order valence-corrected chi connectivity index (χ0v) is 11.0. The lowest BCUT2D eigenvalue weighted by Gasteiger charge is -2.06. The smallest absolute Gasteiger partial charge is 0.322 e. The summed E-state index contributed by atoms with van der Waals surface area (Å²) in [5, 5.41) is 0. The van der Waals surface area contributed by atoms with Gasteiger partial charge in [0, 0.05) is 6.20 Å². The minimum atomic E-state index is 0.224. The van der Waals surface area contributed by atoms with Gasteiger partial charge in [0.25, 0.3) is 0 Å². The highest BCUT2D eigenvalue weighted by molar-refractivity contribution is 7.80. The summed E-state index contributed by atoms with van der Waals surface area (Å²) in [5.41, 5.74) is 8.36. The van der Waals surface area contributed by atoms with Crippen LogP contribution in [0.5, 0.6) is 11.8 Å². The minimum absolute atomic E-state index is 0.224. The van der Waals surface area contributed by atoms with Gasteiger partial charge < -0.3 is 10.5 Å². The molecule has 0 saturated heterocycles. The number of benzene rings is 1. The lowest BCUT2D eigenvalue weighted by molar-refractivity contribution is 0.441. The van der Waals surface area contributed by atoms with Gasteiger partial charge in [-0.25, -0.2) is 4.98 Å². The fourth-order valence-electron chi connectivity index (χ4n) is 1.41. The maximum absolute atomic E-state index is 5.57. The summed E-state index contributed by atoms with van der Waals surface area (Å²) >= 11 is 4.86. The second-order valence-electron chi connectivity index (χ2n) is 3.94. The maximum Gasteiger partial charge on any atom is 0.322 e. The van der Waals surface area contributed by atoms with Crippen LogP contribution in [0.1, 0.15) is 16.8 Å². The summed E-state index contributed by atoms with van der Waals surface area (Å²) in [7, 11) is 0. The number of hydrogen-bond donors (Lipinski definition) is 1. The summed E-state index contributed by atoms with van der Waals surface area (Å²) in [5.74, 6) is 0.693. The highest BCUT2D eigenvalue weighted by Crippen LogP contribution is 2.20. The van der Waals surface area contributed by atoms with Crippen LogP contribution in [0.2, 0.25) is 0 Å². The molecule has 1 aromatic carbocycles. The van der Waals surface area contributed by atoms with Crippen molar-refractivity contribution in [3.8, 4) is 11.8 Å². The summed E-state index contributed by atoms with van der Waals surface area (Å²) in [6, 6.07) is 7.69. The van der Waals surface area contributed by atoms with Crippen molar-refractivity contribution in [3.05, 3.63) is 47.3 Å². The van der Waals surface area contributed by atoms with E-state index in [1.165, 1.54) is 5.56 Å². The molecule has 0 unspecified atom stereocenters. The molecule has 1 heterocycles. The number of aromatic nitrogens is 2.